The Labute approximate surface area is 140 Å². The molecular weight excluding hydrogens is 311 g/mol. The average molecular weight is 340 g/mol. The summed E-state index contributed by atoms with van der Waals surface area (Å²) >= 11 is 0. The highest BCUT2D eigenvalue weighted by molar-refractivity contribution is 7.54. The van der Waals surface area contributed by atoms with Gasteiger partial charge in [0.2, 0.25) is 0 Å². The topological polar surface area (TPSA) is 55.8 Å². The quantitative estimate of drug-likeness (QED) is 0.442. The second-order valence-corrected chi connectivity index (χ2v) is 7.67. The Morgan fingerprint density at radius 3 is 2.13 bits per heavy atom. The predicted octanol–water partition coefficient (Wildman–Crippen LogP) is 5.23. The summed E-state index contributed by atoms with van der Waals surface area (Å²) in [7, 11) is -3.58. The van der Waals surface area contributed by atoms with E-state index in [0.717, 1.165) is 31.2 Å². The van der Waals surface area contributed by atoms with Crippen LogP contribution < -0.4 is 0 Å². The minimum absolute atomic E-state index is 0.329. The van der Waals surface area contributed by atoms with E-state index in [9.17, 15) is 9.67 Å². The number of hydrogen-bond acceptors (Lipinski definition) is 4. The number of rotatable bonds is 11. The van der Waals surface area contributed by atoms with Crippen LogP contribution in [-0.2, 0) is 13.6 Å². The molecular formula is C18H29O4P. The summed E-state index contributed by atoms with van der Waals surface area (Å²) in [5.74, 6) is -1.24. The van der Waals surface area contributed by atoms with Crippen LogP contribution in [0.2, 0.25) is 0 Å². The first kappa shape index (κ1) is 20.1. The van der Waals surface area contributed by atoms with E-state index in [4.69, 9.17) is 9.05 Å². The van der Waals surface area contributed by atoms with Gasteiger partial charge in [0.1, 0.15) is 0 Å². The summed E-state index contributed by atoms with van der Waals surface area (Å²) in [6.45, 7) is 6.47. The molecule has 0 aliphatic heterocycles. The molecule has 0 fully saturated rings. The number of benzene rings is 1. The van der Waals surface area contributed by atoms with E-state index < -0.39 is 13.4 Å². The lowest BCUT2D eigenvalue weighted by molar-refractivity contribution is 0.152. The SMILES string of the molecule is CCCCOP(=O)(OCCCC)[C@@H](O)/C(C)=C/c1ccccc1. The molecule has 0 bridgehead atoms. The van der Waals surface area contributed by atoms with Gasteiger partial charge in [-0.1, -0.05) is 63.1 Å². The molecule has 0 aromatic heterocycles. The van der Waals surface area contributed by atoms with Crippen LogP contribution in [0.15, 0.2) is 35.9 Å². The Morgan fingerprint density at radius 1 is 1.13 bits per heavy atom. The van der Waals surface area contributed by atoms with Crippen molar-refractivity contribution in [2.45, 2.75) is 52.3 Å². The van der Waals surface area contributed by atoms with Crippen LogP contribution in [0.4, 0.5) is 0 Å². The summed E-state index contributed by atoms with van der Waals surface area (Å²) in [5, 5.41) is 10.5. The van der Waals surface area contributed by atoms with Crippen molar-refractivity contribution in [2.75, 3.05) is 13.2 Å². The van der Waals surface area contributed by atoms with Gasteiger partial charge in [0, 0.05) is 0 Å². The van der Waals surface area contributed by atoms with Crippen molar-refractivity contribution in [2.24, 2.45) is 0 Å². The maximum absolute atomic E-state index is 13.0. The Kier molecular flexibility index (Phi) is 9.42. The maximum atomic E-state index is 13.0. The van der Waals surface area contributed by atoms with Crippen LogP contribution in [0.25, 0.3) is 6.08 Å². The minimum atomic E-state index is -3.58. The molecule has 1 aromatic rings. The molecule has 4 nitrogen and oxygen atoms in total. The molecule has 23 heavy (non-hydrogen) atoms. The van der Waals surface area contributed by atoms with Crippen LogP contribution in [0.3, 0.4) is 0 Å². The van der Waals surface area contributed by atoms with Gasteiger partial charge in [0.05, 0.1) is 13.2 Å². The number of aliphatic hydroxyl groups is 1. The number of aliphatic hydroxyl groups excluding tert-OH is 1. The van der Waals surface area contributed by atoms with Gasteiger partial charge in [-0.2, -0.15) is 0 Å². The zero-order chi connectivity index (χ0) is 17.1. The molecule has 0 saturated heterocycles. The number of hydrogen-bond donors (Lipinski definition) is 1. The molecule has 0 unspecified atom stereocenters. The van der Waals surface area contributed by atoms with Gasteiger partial charge in [0.15, 0.2) is 5.85 Å². The summed E-state index contributed by atoms with van der Waals surface area (Å²) in [4.78, 5) is 0. The normalized spacial score (nSPS) is 14.0. The largest absolute Gasteiger partial charge is 0.376 e. The molecule has 0 spiro atoms. The van der Waals surface area contributed by atoms with Crippen LogP contribution in [0.1, 0.15) is 52.0 Å². The highest BCUT2D eigenvalue weighted by atomic mass is 31.2. The molecule has 5 heteroatoms. The molecule has 0 saturated carbocycles. The minimum Gasteiger partial charge on any atom is -0.376 e. The fourth-order valence-corrected chi connectivity index (χ4v) is 3.68. The summed E-state index contributed by atoms with van der Waals surface area (Å²) < 4.78 is 23.9. The third-order valence-electron chi connectivity index (χ3n) is 3.44. The summed E-state index contributed by atoms with van der Waals surface area (Å²) in [5.41, 5.74) is 1.52. The van der Waals surface area contributed by atoms with E-state index in [-0.39, 0.29) is 0 Å². The highest BCUT2D eigenvalue weighted by Gasteiger charge is 2.35. The zero-order valence-electron chi connectivity index (χ0n) is 14.4. The van der Waals surface area contributed by atoms with Crippen molar-refractivity contribution in [1.82, 2.24) is 0 Å². The molecule has 130 valence electrons. The van der Waals surface area contributed by atoms with Crippen LogP contribution >= 0.6 is 7.60 Å². The molecule has 0 aliphatic rings. The van der Waals surface area contributed by atoms with E-state index in [1.807, 2.05) is 50.3 Å². The maximum Gasteiger partial charge on any atom is 0.363 e. The van der Waals surface area contributed by atoms with Crippen molar-refractivity contribution in [3.63, 3.8) is 0 Å². The van der Waals surface area contributed by atoms with Crippen LogP contribution in [-0.4, -0.2) is 24.2 Å². The molecule has 0 heterocycles. The Bertz CT molecular complexity index is 499. The van der Waals surface area contributed by atoms with E-state index in [2.05, 4.69) is 0 Å². The molecule has 1 rings (SSSR count). The summed E-state index contributed by atoms with van der Waals surface area (Å²) in [6.07, 6.45) is 5.25. The molecule has 0 amide bonds. The lowest BCUT2D eigenvalue weighted by Gasteiger charge is -2.24. The second kappa shape index (κ2) is 10.8. The van der Waals surface area contributed by atoms with Gasteiger partial charge in [-0.15, -0.1) is 0 Å². The van der Waals surface area contributed by atoms with E-state index in [0.29, 0.717) is 18.8 Å². The standard InChI is InChI=1S/C18H29O4P/c1-4-6-13-21-23(20,22-14-7-5-2)18(19)16(3)15-17-11-9-8-10-12-17/h8-12,15,18-19H,4-7,13-14H2,1-3H3/b16-15+/t18-/m1/s1. The van der Waals surface area contributed by atoms with Gasteiger partial charge in [-0.05, 0) is 30.9 Å². The molecule has 1 N–H and O–H groups in total. The summed E-state index contributed by atoms with van der Waals surface area (Å²) in [6, 6.07) is 9.62. The van der Waals surface area contributed by atoms with Crippen molar-refractivity contribution >= 4 is 13.7 Å². The monoisotopic (exact) mass is 340 g/mol. The van der Waals surface area contributed by atoms with Gasteiger partial charge in [-0.25, -0.2) is 0 Å². The van der Waals surface area contributed by atoms with Gasteiger partial charge >= 0.3 is 7.60 Å². The van der Waals surface area contributed by atoms with Gasteiger partial charge in [0.25, 0.3) is 0 Å². The third kappa shape index (κ3) is 7.01. The predicted molar refractivity (Wildman–Crippen MR) is 95.4 cm³/mol. The first-order valence-corrected chi connectivity index (χ1v) is 9.94. The smallest absolute Gasteiger partial charge is 0.363 e. The van der Waals surface area contributed by atoms with Crippen LogP contribution in [0, 0.1) is 0 Å². The fraction of sp³-hybridized carbons (Fsp3) is 0.556. The molecule has 0 aliphatic carbocycles. The fourth-order valence-electron chi connectivity index (χ4n) is 1.99. The van der Waals surface area contributed by atoms with E-state index >= 15 is 0 Å². The van der Waals surface area contributed by atoms with Crippen molar-refractivity contribution in [3.8, 4) is 0 Å². The van der Waals surface area contributed by atoms with Crippen molar-refractivity contribution in [1.29, 1.82) is 0 Å². The molecule has 1 aromatic carbocycles. The first-order chi connectivity index (χ1) is 11.0. The number of unbranched alkanes of at least 4 members (excludes halogenated alkanes) is 2. The molecule has 0 radical (unpaired) electrons. The highest BCUT2D eigenvalue weighted by Crippen LogP contribution is 2.54. The lowest BCUT2D eigenvalue weighted by Crippen LogP contribution is -2.15. The second-order valence-electron chi connectivity index (χ2n) is 5.59. The average Bonchev–Trinajstić information content (AvgIpc) is 2.55. The Hall–Kier alpha value is -0.930. The van der Waals surface area contributed by atoms with E-state index in [1.54, 1.807) is 6.92 Å². The van der Waals surface area contributed by atoms with Crippen molar-refractivity contribution in [3.05, 3.63) is 41.5 Å². The Balaban J connectivity index is 2.85. The first-order valence-electron chi connectivity index (χ1n) is 8.33. The van der Waals surface area contributed by atoms with Gasteiger partial charge < -0.3 is 14.2 Å². The lowest BCUT2D eigenvalue weighted by atomic mass is 10.1. The van der Waals surface area contributed by atoms with E-state index in [1.165, 1.54) is 0 Å². The Morgan fingerprint density at radius 2 is 1.65 bits per heavy atom. The molecule has 1 atom stereocenters. The third-order valence-corrected chi connectivity index (χ3v) is 5.53. The van der Waals surface area contributed by atoms with Gasteiger partial charge in [-0.3, -0.25) is 4.57 Å². The van der Waals surface area contributed by atoms with Crippen LogP contribution in [0.5, 0.6) is 0 Å². The van der Waals surface area contributed by atoms with Crippen molar-refractivity contribution < 1.29 is 18.7 Å². The zero-order valence-corrected chi connectivity index (χ0v) is 15.3.